The van der Waals surface area contributed by atoms with E-state index >= 15 is 0 Å². The molecule has 2 amide bonds. The Morgan fingerprint density at radius 3 is 2.48 bits per heavy atom. The summed E-state index contributed by atoms with van der Waals surface area (Å²) in [4.78, 5) is 26.5. The zero-order valence-electron chi connectivity index (χ0n) is 17.2. The number of hydrogen-bond donors (Lipinski definition) is 1. The van der Waals surface area contributed by atoms with Crippen LogP contribution in [0.4, 0.5) is 5.69 Å². The molecule has 0 bridgehead atoms. The van der Waals surface area contributed by atoms with Crippen molar-refractivity contribution in [2.24, 2.45) is 0 Å². The molecule has 1 N–H and O–H groups in total. The number of amides is 2. The van der Waals surface area contributed by atoms with Gasteiger partial charge in [-0.25, -0.2) is 0 Å². The highest BCUT2D eigenvalue weighted by molar-refractivity contribution is 6.31. The highest BCUT2D eigenvalue weighted by Crippen LogP contribution is 2.32. The molecule has 0 spiro atoms. The summed E-state index contributed by atoms with van der Waals surface area (Å²) in [7, 11) is 0. The van der Waals surface area contributed by atoms with Crippen LogP contribution in [0.15, 0.2) is 66.7 Å². The fraction of sp³-hybridized carbons (Fsp3) is 0.200. The van der Waals surface area contributed by atoms with Crippen molar-refractivity contribution in [1.29, 1.82) is 0 Å². The van der Waals surface area contributed by atoms with Gasteiger partial charge in [-0.3, -0.25) is 9.59 Å². The number of rotatable bonds is 6. The average molecular weight is 435 g/mol. The molecule has 1 saturated heterocycles. The molecule has 3 aromatic rings. The second kappa shape index (κ2) is 9.23. The number of nitrogens with zero attached hydrogens (tertiary/aromatic N) is 1. The lowest BCUT2D eigenvalue weighted by molar-refractivity contribution is -0.128. The van der Waals surface area contributed by atoms with Gasteiger partial charge in [0.15, 0.2) is 5.75 Å². The number of benzene rings is 3. The van der Waals surface area contributed by atoms with Crippen LogP contribution in [0.1, 0.15) is 34.3 Å². The van der Waals surface area contributed by atoms with Crippen LogP contribution < -0.4 is 10.1 Å². The summed E-state index contributed by atoms with van der Waals surface area (Å²) in [6.45, 7) is 3.37. The van der Waals surface area contributed by atoms with Gasteiger partial charge in [0.25, 0.3) is 5.91 Å². The summed E-state index contributed by atoms with van der Waals surface area (Å²) in [6, 6.07) is 20.1. The fourth-order valence-corrected chi connectivity index (χ4v) is 3.64. The Balaban J connectivity index is 1.47. The number of carbonyl (C=O) groups is 2. The molecule has 1 aliphatic heterocycles. The van der Waals surface area contributed by atoms with Gasteiger partial charge in [-0.15, -0.1) is 0 Å². The van der Waals surface area contributed by atoms with Crippen LogP contribution >= 0.6 is 11.6 Å². The number of aryl methyl sites for hydroxylation is 1. The minimum Gasteiger partial charge on any atom is -0.455 e. The van der Waals surface area contributed by atoms with Crippen molar-refractivity contribution in [3.8, 4) is 11.5 Å². The first-order valence-corrected chi connectivity index (χ1v) is 10.6. The molecule has 1 fully saturated rings. The zero-order valence-corrected chi connectivity index (χ0v) is 18.0. The van der Waals surface area contributed by atoms with Crippen LogP contribution in [0.2, 0.25) is 5.02 Å². The number of likely N-dealkylation sites (tertiary alicyclic amines) is 1. The number of nitrogens with one attached hydrogen (secondary N) is 1. The summed E-state index contributed by atoms with van der Waals surface area (Å²) in [5.41, 5.74) is 3.13. The lowest BCUT2D eigenvalue weighted by atomic mass is 10.1. The largest absolute Gasteiger partial charge is 0.455 e. The first-order valence-electron chi connectivity index (χ1n) is 10.2. The summed E-state index contributed by atoms with van der Waals surface area (Å²) in [5, 5.41) is 3.38. The molecule has 0 aromatic heterocycles. The monoisotopic (exact) mass is 434 g/mol. The van der Waals surface area contributed by atoms with Gasteiger partial charge in [0.05, 0.1) is 5.69 Å². The Bertz CT molecular complexity index is 1090. The maximum absolute atomic E-state index is 12.8. The molecule has 0 aliphatic carbocycles. The van der Waals surface area contributed by atoms with Crippen LogP contribution in [-0.4, -0.2) is 23.3 Å². The maximum Gasteiger partial charge on any atom is 0.255 e. The SMILES string of the molecule is Cc1ccc(Oc2ccc(Cl)cc2NC(=O)c2ccc(CN3CCCC3=O)cc2)cc1. The second-order valence-corrected chi connectivity index (χ2v) is 8.06. The van der Waals surface area contributed by atoms with Crippen LogP contribution in [0.5, 0.6) is 11.5 Å². The van der Waals surface area contributed by atoms with E-state index in [4.69, 9.17) is 16.3 Å². The van der Waals surface area contributed by atoms with E-state index in [-0.39, 0.29) is 11.8 Å². The summed E-state index contributed by atoms with van der Waals surface area (Å²) >= 11 is 6.14. The Hall–Kier alpha value is -3.31. The van der Waals surface area contributed by atoms with Gasteiger partial charge in [-0.05, 0) is 61.4 Å². The average Bonchev–Trinajstić information content (AvgIpc) is 3.16. The molecule has 158 valence electrons. The van der Waals surface area contributed by atoms with Gasteiger partial charge < -0.3 is 15.0 Å². The van der Waals surface area contributed by atoms with Crippen LogP contribution in [0.3, 0.4) is 0 Å². The summed E-state index contributed by atoms with van der Waals surface area (Å²) in [6.07, 6.45) is 1.53. The van der Waals surface area contributed by atoms with Crippen molar-refractivity contribution in [3.63, 3.8) is 0 Å². The second-order valence-electron chi connectivity index (χ2n) is 7.63. The quantitative estimate of drug-likeness (QED) is 0.532. The molecular weight excluding hydrogens is 412 g/mol. The Morgan fingerprint density at radius 1 is 1.06 bits per heavy atom. The van der Waals surface area contributed by atoms with Crippen molar-refractivity contribution in [2.45, 2.75) is 26.3 Å². The topological polar surface area (TPSA) is 58.6 Å². The summed E-state index contributed by atoms with van der Waals surface area (Å²) in [5.74, 6) is 1.10. The predicted octanol–water partition coefficient (Wildman–Crippen LogP) is 5.82. The number of halogens is 1. The smallest absolute Gasteiger partial charge is 0.255 e. The minimum absolute atomic E-state index is 0.184. The first kappa shape index (κ1) is 20.9. The summed E-state index contributed by atoms with van der Waals surface area (Å²) < 4.78 is 5.95. The molecule has 1 heterocycles. The molecule has 0 saturated carbocycles. The molecule has 5 nitrogen and oxygen atoms in total. The Kier molecular flexibility index (Phi) is 6.23. The van der Waals surface area contributed by atoms with E-state index in [9.17, 15) is 9.59 Å². The van der Waals surface area contributed by atoms with Crippen LogP contribution in [0.25, 0.3) is 0 Å². The van der Waals surface area contributed by atoms with E-state index in [0.717, 1.165) is 24.1 Å². The number of ether oxygens (including phenoxy) is 1. The zero-order chi connectivity index (χ0) is 21.8. The van der Waals surface area contributed by atoms with E-state index in [1.807, 2.05) is 48.2 Å². The lowest BCUT2D eigenvalue weighted by Gasteiger charge is -2.16. The third kappa shape index (κ3) is 5.25. The third-order valence-corrected chi connectivity index (χ3v) is 5.43. The number of hydrogen-bond acceptors (Lipinski definition) is 3. The minimum atomic E-state index is -0.264. The molecule has 0 atom stereocenters. The van der Waals surface area contributed by atoms with Gasteiger partial charge in [0.1, 0.15) is 5.75 Å². The van der Waals surface area contributed by atoms with Gasteiger partial charge >= 0.3 is 0 Å². The van der Waals surface area contributed by atoms with Crippen molar-refractivity contribution >= 4 is 29.1 Å². The molecule has 3 aromatic carbocycles. The third-order valence-electron chi connectivity index (χ3n) is 5.20. The van der Waals surface area contributed by atoms with Crippen molar-refractivity contribution in [1.82, 2.24) is 4.90 Å². The molecule has 0 unspecified atom stereocenters. The number of carbonyl (C=O) groups excluding carboxylic acids is 2. The van der Waals surface area contributed by atoms with Gasteiger partial charge in [0.2, 0.25) is 5.91 Å². The van der Waals surface area contributed by atoms with Crippen molar-refractivity contribution in [2.75, 3.05) is 11.9 Å². The van der Waals surface area contributed by atoms with Crippen LogP contribution in [-0.2, 0) is 11.3 Å². The Morgan fingerprint density at radius 2 is 1.81 bits per heavy atom. The molecule has 0 radical (unpaired) electrons. The van der Waals surface area contributed by atoms with E-state index < -0.39 is 0 Å². The first-order chi connectivity index (χ1) is 15.0. The standard InChI is InChI=1S/C25H23ClN2O3/c1-17-4-11-21(12-5-17)31-23-13-10-20(26)15-22(23)27-25(30)19-8-6-18(7-9-19)16-28-14-2-3-24(28)29/h4-13,15H,2-3,14,16H2,1H3,(H,27,30). The van der Waals surface area contributed by atoms with Crippen molar-refractivity contribution in [3.05, 3.63) is 88.4 Å². The molecule has 1 aliphatic rings. The Labute approximate surface area is 186 Å². The van der Waals surface area contributed by atoms with E-state index in [1.165, 1.54) is 0 Å². The fourth-order valence-electron chi connectivity index (χ4n) is 3.47. The van der Waals surface area contributed by atoms with Crippen molar-refractivity contribution < 1.29 is 14.3 Å². The molecular formula is C25H23ClN2O3. The van der Waals surface area contributed by atoms with E-state index in [0.29, 0.717) is 40.7 Å². The number of anilines is 1. The highest BCUT2D eigenvalue weighted by Gasteiger charge is 2.20. The van der Waals surface area contributed by atoms with E-state index in [2.05, 4.69) is 5.32 Å². The van der Waals surface area contributed by atoms with Crippen LogP contribution in [0, 0.1) is 6.92 Å². The molecule has 31 heavy (non-hydrogen) atoms. The maximum atomic E-state index is 12.8. The normalized spacial score (nSPS) is 13.4. The predicted molar refractivity (Wildman–Crippen MR) is 122 cm³/mol. The van der Waals surface area contributed by atoms with Gasteiger partial charge in [-0.2, -0.15) is 0 Å². The highest BCUT2D eigenvalue weighted by atomic mass is 35.5. The van der Waals surface area contributed by atoms with Gasteiger partial charge in [0, 0.05) is 30.1 Å². The van der Waals surface area contributed by atoms with E-state index in [1.54, 1.807) is 30.3 Å². The molecule has 6 heteroatoms. The lowest BCUT2D eigenvalue weighted by Crippen LogP contribution is -2.23. The van der Waals surface area contributed by atoms with Gasteiger partial charge in [-0.1, -0.05) is 41.4 Å². The molecule has 4 rings (SSSR count).